The van der Waals surface area contributed by atoms with Gasteiger partial charge in [0, 0.05) is 7.11 Å². The van der Waals surface area contributed by atoms with Crippen LogP contribution in [-0.4, -0.2) is 13.7 Å². The van der Waals surface area contributed by atoms with Crippen LogP contribution in [0.25, 0.3) is 0 Å². The van der Waals surface area contributed by atoms with E-state index in [4.69, 9.17) is 4.74 Å². The Balaban J connectivity index is 2.29. The summed E-state index contributed by atoms with van der Waals surface area (Å²) in [5.41, 5.74) is 2.46. The third-order valence-electron chi connectivity index (χ3n) is 3.46. The second-order valence-electron chi connectivity index (χ2n) is 4.91. The molecule has 2 nitrogen and oxygen atoms in total. The molecule has 2 rings (SSSR count). The van der Waals surface area contributed by atoms with Crippen molar-refractivity contribution in [1.29, 1.82) is 0 Å². The van der Waals surface area contributed by atoms with Gasteiger partial charge in [0.1, 0.15) is 6.10 Å². The van der Waals surface area contributed by atoms with E-state index < -0.39 is 0 Å². The molecule has 1 N–H and O–H groups in total. The summed E-state index contributed by atoms with van der Waals surface area (Å²) in [5, 5.41) is 3.61. The molecule has 0 saturated heterocycles. The highest BCUT2D eigenvalue weighted by Crippen LogP contribution is 2.31. The lowest BCUT2D eigenvalue weighted by Gasteiger charge is -2.28. The van der Waals surface area contributed by atoms with Gasteiger partial charge < -0.3 is 10.1 Å². The number of hydrogen-bond acceptors (Lipinski definition) is 2. The molecule has 0 bridgehead atoms. The summed E-state index contributed by atoms with van der Waals surface area (Å²) in [4.78, 5) is 0. The van der Waals surface area contributed by atoms with E-state index >= 15 is 0 Å². The number of ether oxygens (including phenoxy) is 1. The molecular formula is C18H23NO. The van der Waals surface area contributed by atoms with Gasteiger partial charge in [0.05, 0.1) is 6.04 Å². The van der Waals surface area contributed by atoms with Gasteiger partial charge in [-0.05, 0) is 24.1 Å². The van der Waals surface area contributed by atoms with Crippen LogP contribution in [-0.2, 0) is 4.74 Å². The summed E-state index contributed by atoms with van der Waals surface area (Å²) < 4.78 is 5.79. The summed E-state index contributed by atoms with van der Waals surface area (Å²) in [6, 6.07) is 21.1. The van der Waals surface area contributed by atoms with Crippen LogP contribution in [0.3, 0.4) is 0 Å². The minimum absolute atomic E-state index is 0.0187. The van der Waals surface area contributed by atoms with Gasteiger partial charge in [-0.3, -0.25) is 0 Å². The van der Waals surface area contributed by atoms with E-state index in [1.807, 2.05) is 12.1 Å². The maximum absolute atomic E-state index is 5.79. The molecule has 0 radical (unpaired) electrons. The summed E-state index contributed by atoms with van der Waals surface area (Å²) >= 11 is 0. The van der Waals surface area contributed by atoms with Crippen LogP contribution in [0.15, 0.2) is 60.7 Å². The Labute approximate surface area is 121 Å². The van der Waals surface area contributed by atoms with E-state index in [9.17, 15) is 0 Å². The minimum Gasteiger partial charge on any atom is -0.375 e. The van der Waals surface area contributed by atoms with Gasteiger partial charge in [0.25, 0.3) is 0 Å². The summed E-state index contributed by atoms with van der Waals surface area (Å²) in [5.74, 6) is 0. The largest absolute Gasteiger partial charge is 0.375 e. The predicted molar refractivity (Wildman–Crippen MR) is 83.7 cm³/mol. The third-order valence-corrected chi connectivity index (χ3v) is 3.46. The van der Waals surface area contributed by atoms with Gasteiger partial charge in [-0.15, -0.1) is 0 Å². The monoisotopic (exact) mass is 269 g/mol. The molecular weight excluding hydrogens is 246 g/mol. The standard InChI is InChI=1S/C18H23NO/c1-3-14-19-17(15-10-6-4-7-11-15)18(20-2)16-12-8-5-9-13-16/h4-13,17-19H,3,14H2,1-2H3. The zero-order valence-electron chi connectivity index (χ0n) is 12.3. The second kappa shape index (κ2) is 7.83. The molecule has 2 heteroatoms. The van der Waals surface area contributed by atoms with Gasteiger partial charge in [0.2, 0.25) is 0 Å². The molecule has 0 amide bonds. The quantitative estimate of drug-likeness (QED) is 0.816. The van der Waals surface area contributed by atoms with Crippen molar-refractivity contribution in [2.24, 2.45) is 0 Å². The normalized spacial score (nSPS) is 13.9. The Morgan fingerprint density at radius 1 is 0.900 bits per heavy atom. The predicted octanol–water partition coefficient (Wildman–Crippen LogP) is 4.12. The van der Waals surface area contributed by atoms with Crippen molar-refractivity contribution in [1.82, 2.24) is 5.32 Å². The molecule has 0 aliphatic carbocycles. The number of nitrogens with one attached hydrogen (secondary N) is 1. The molecule has 0 aliphatic heterocycles. The molecule has 20 heavy (non-hydrogen) atoms. The van der Waals surface area contributed by atoms with Crippen LogP contribution in [0.1, 0.15) is 36.6 Å². The summed E-state index contributed by atoms with van der Waals surface area (Å²) in [6.45, 7) is 3.16. The molecule has 0 saturated carbocycles. The molecule has 2 aromatic rings. The maximum atomic E-state index is 5.79. The van der Waals surface area contributed by atoms with Crippen LogP contribution in [0, 0.1) is 0 Å². The van der Waals surface area contributed by atoms with E-state index in [1.54, 1.807) is 7.11 Å². The first-order valence-corrected chi connectivity index (χ1v) is 7.23. The average molecular weight is 269 g/mol. The highest BCUT2D eigenvalue weighted by molar-refractivity contribution is 5.26. The lowest BCUT2D eigenvalue weighted by molar-refractivity contribution is 0.0676. The van der Waals surface area contributed by atoms with Crippen LogP contribution in [0.4, 0.5) is 0 Å². The Kier molecular flexibility index (Phi) is 5.78. The average Bonchev–Trinajstić information content (AvgIpc) is 2.53. The van der Waals surface area contributed by atoms with Crippen molar-refractivity contribution in [3.8, 4) is 0 Å². The Bertz CT molecular complexity index is 483. The van der Waals surface area contributed by atoms with E-state index in [2.05, 4.69) is 60.8 Å². The Morgan fingerprint density at radius 3 is 1.95 bits per heavy atom. The fourth-order valence-corrected chi connectivity index (χ4v) is 2.47. The van der Waals surface area contributed by atoms with E-state index in [-0.39, 0.29) is 12.1 Å². The lowest BCUT2D eigenvalue weighted by atomic mass is 9.95. The Morgan fingerprint density at radius 2 is 1.45 bits per heavy atom. The van der Waals surface area contributed by atoms with Crippen molar-refractivity contribution >= 4 is 0 Å². The first-order valence-electron chi connectivity index (χ1n) is 7.23. The van der Waals surface area contributed by atoms with Gasteiger partial charge in [0.15, 0.2) is 0 Å². The molecule has 0 heterocycles. The van der Waals surface area contributed by atoms with Gasteiger partial charge in [-0.1, -0.05) is 67.6 Å². The SMILES string of the molecule is CCCNC(c1ccccc1)C(OC)c1ccccc1. The molecule has 2 aromatic carbocycles. The third kappa shape index (κ3) is 3.69. The van der Waals surface area contributed by atoms with Crippen molar-refractivity contribution in [3.05, 3.63) is 71.8 Å². The van der Waals surface area contributed by atoms with Crippen molar-refractivity contribution < 1.29 is 4.74 Å². The first-order chi connectivity index (χ1) is 9.86. The van der Waals surface area contributed by atoms with Gasteiger partial charge >= 0.3 is 0 Å². The van der Waals surface area contributed by atoms with Crippen LogP contribution >= 0.6 is 0 Å². The molecule has 0 fully saturated rings. The van der Waals surface area contributed by atoms with E-state index in [1.165, 1.54) is 11.1 Å². The fourth-order valence-electron chi connectivity index (χ4n) is 2.47. The molecule has 2 unspecified atom stereocenters. The van der Waals surface area contributed by atoms with Crippen LogP contribution in [0.2, 0.25) is 0 Å². The molecule has 2 atom stereocenters. The smallest absolute Gasteiger partial charge is 0.102 e. The zero-order chi connectivity index (χ0) is 14.2. The summed E-state index contributed by atoms with van der Waals surface area (Å²) in [7, 11) is 1.78. The highest BCUT2D eigenvalue weighted by Gasteiger charge is 2.23. The number of methoxy groups -OCH3 is 1. The number of benzene rings is 2. The lowest BCUT2D eigenvalue weighted by Crippen LogP contribution is -2.28. The van der Waals surface area contributed by atoms with Gasteiger partial charge in [-0.2, -0.15) is 0 Å². The zero-order valence-corrected chi connectivity index (χ0v) is 12.3. The molecule has 106 valence electrons. The van der Waals surface area contributed by atoms with Gasteiger partial charge in [-0.25, -0.2) is 0 Å². The highest BCUT2D eigenvalue weighted by atomic mass is 16.5. The van der Waals surface area contributed by atoms with E-state index in [0.717, 1.165) is 13.0 Å². The molecule has 0 aromatic heterocycles. The number of hydrogen-bond donors (Lipinski definition) is 1. The topological polar surface area (TPSA) is 21.3 Å². The van der Waals surface area contributed by atoms with Crippen molar-refractivity contribution in [3.63, 3.8) is 0 Å². The second-order valence-corrected chi connectivity index (χ2v) is 4.91. The summed E-state index contributed by atoms with van der Waals surface area (Å²) in [6.07, 6.45) is 1.12. The van der Waals surface area contributed by atoms with E-state index in [0.29, 0.717) is 0 Å². The molecule has 0 aliphatic rings. The van der Waals surface area contributed by atoms with Crippen molar-refractivity contribution in [2.75, 3.05) is 13.7 Å². The minimum atomic E-state index is 0.0187. The fraction of sp³-hybridized carbons (Fsp3) is 0.333. The Hall–Kier alpha value is -1.64. The van der Waals surface area contributed by atoms with Crippen LogP contribution in [0.5, 0.6) is 0 Å². The van der Waals surface area contributed by atoms with Crippen LogP contribution < -0.4 is 5.32 Å². The molecule has 0 spiro atoms. The maximum Gasteiger partial charge on any atom is 0.102 e. The first kappa shape index (κ1) is 14.8. The number of rotatable bonds is 7. The van der Waals surface area contributed by atoms with Crippen molar-refractivity contribution in [2.45, 2.75) is 25.5 Å².